The van der Waals surface area contributed by atoms with Gasteiger partial charge in [0.2, 0.25) is 5.91 Å². The van der Waals surface area contributed by atoms with Crippen LogP contribution in [0.4, 0.5) is 0 Å². The Hall–Kier alpha value is -0.570. The summed E-state index contributed by atoms with van der Waals surface area (Å²) in [5.74, 6) is 0.951. The lowest BCUT2D eigenvalue weighted by atomic mass is 9.90. The first kappa shape index (κ1) is 13.5. The second-order valence-corrected chi connectivity index (χ2v) is 6.02. The molecule has 0 unspecified atom stereocenters. The first-order chi connectivity index (χ1) is 7.42. The Morgan fingerprint density at radius 3 is 2.31 bits per heavy atom. The molecule has 3 heteroatoms. The van der Waals surface area contributed by atoms with Gasteiger partial charge < -0.3 is 9.64 Å². The van der Waals surface area contributed by atoms with Crippen LogP contribution in [0.1, 0.15) is 40.0 Å². The lowest BCUT2D eigenvalue weighted by Gasteiger charge is -2.33. The van der Waals surface area contributed by atoms with E-state index in [0.717, 1.165) is 32.5 Å². The second-order valence-electron chi connectivity index (χ2n) is 6.02. The summed E-state index contributed by atoms with van der Waals surface area (Å²) in [6, 6.07) is 0. The molecule has 0 saturated carbocycles. The van der Waals surface area contributed by atoms with Crippen LogP contribution in [0, 0.1) is 11.3 Å². The number of rotatable bonds is 3. The Morgan fingerprint density at radius 2 is 1.88 bits per heavy atom. The van der Waals surface area contributed by atoms with E-state index in [1.807, 2.05) is 4.90 Å². The van der Waals surface area contributed by atoms with Crippen LogP contribution < -0.4 is 0 Å². The zero-order chi connectivity index (χ0) is 12.2. The van der Waals surface area contributed by atoms with Gasteiger partial charge in [0.25, 0.3) is 0 Å². The maximum atomic E-state index is 12.0. The molecular formula is C13H25NO2. The van der Waals surface area contributed by atoms with Crippen molar-refractivity contribution >= 4 is 5.91 Å². The summed E-state index contributed by atoms with van der Waals surface area (Å²) in [6.07, 6.45) is 2.83. The van der Waals surface area contributed by atoms with Crippen molar-refractivity contribution in [3.8, 4) is 0 Å². The van der Waals surface area contributed by atoms with Gasteiger partial charge in [-0.05, 0) is 24.2 Å². The fourth-order valence-corrected chi connectivity index (χ4v) is 2.15. The number of hydrogen-bond acceptors (Lipinski definition) is 2. The van der Waals surface area contributed by atoms with Crippen LogP contribution in [-0.4, -0.2) is 37.6 Å². The molecule has 1 amide bonds. The molecule has 0 aliphatic carbocycles. The molecule has 1 heterocycles. The van der Waals surface area contributed by atoms with E-state index >= 15 is 0 Å². The van der Waals surface area contributed by atoms with Crippen molar-refractivity contribution in [3.05, 3.63) is 0 Å². The Morgan fingerprint density at radius 1 is 1.31 bits per heavy atom. The molecule has 0 atom stereocenters. The third-order valence-electron chi connectivity index (χ3n) is 3.05. The molecule has 94 valence electrons. The summed E-state index contributed by atoms with van der Waals surface area (Å²) in [7, 11) is 1.75. The van der Waals surface area contributed by atoms with Crippen LogP contribution in [0.5, 0.6) is 0 Å². The minimum absolute atomic E-state index is 0.0977. The fourth-order valence-electron chi connectivity index (χ4n) is 2.15. The minimum Gasteiger partial charge on any atom is -0.384 e. The van der Waals surface area contributed by atoms with E-state index in [1.54, 1.807) is 7.11 Å². The summed E-state index contributed by atoms with van der Waals surface area (Å²) in [5, 5.41) is 0. The van der Waals surface area contributed by atoms with E-state index in [9.17, 15) is 4.79 Å². The quantitative estimate of drug-likeness (QED) is 0.740. The minimum atomic E-state index is 0.0977. The number of amides is 1. The van der Waals surface area contributed by atoms with Crippen LogP contribution in [-0.2, 0) is 9.53 Å². The van der Waals surface area contributed by atoms with Crippen molar-refractivity contribution in [1.29, 1.82) is 0 Å². The lowest BCUT2D eigenvalue weighted by molar-refractivity contribution is -0.134. The molecule has 1 aliphatic rings. The van der Waals surface area contributed by atoms with Crippen molar-refractivity contribution in [3.63, 3.8) is 0 Å². The van der Waals surface area contributed by atoms with Crippen molar-refractivity contribution in [1.82, 2.24) is 4.90 Å². The summed E-state index contributed by atoms with van der Waals surface area (Å²) < 4.78 is 5.15. The molecule has 16 heavy (non-hydrogen) atoms. The average molecular weight is 227 g/mol. The molecular weight excluding hydrogens is 202 g/mol. The molecule has 0 spiro atoms. The molecule has 1 aliphatic heterocycles. The molecule has 0 aromatic heterocycles. The van der Waals surface area contributed by atoms with E-state index in [-0.39, 0.29) is 5.41 Å². The maximum absolute atomic E-state index is 12.0. The molecule has 3 nitrogen and oxygen atoms in total. The number of ether oxygens (including phenoxy) is 1. The fraction of sp³-hybridized carbons (Fsp3) is 0.923. The highest BCUT2D eigenvalue weighted by molar-refractivity contribution is 5.76. The normalized spacial score (nSPS) is 18.9. The summed E-state index contributed by atoms with van der Waals surface area (Å²) in [6.45, 7) is 8.99. The lowest BCUT2D eigenvalue weighted by Crippen LogP contribution is -2.40. The van der Waals surface area contributed by atoms with E-state index in [0.29, 0.717) is 18.2 Å². The smallest absolute Gasteiger partial charge is 0.223 e. The summed E-state index contributed by atoms with van der Waals surface area (Å²) >= 11 is 0. The Kier molecular flexibility index (Phi) is 4.78. The number of carbonyl (C=O) groups excluding carboxylic acids is 1. The van der Waals surface area contributed by atoms with Gasteiger partial charge in [-0.25, -0.2) is 0 Å². The van der Waals surface area contributed by atoms with Gasteiger partial charge in [0, 0.05) is 33.2 Å². The third-order valence-corrected chi connectivity index (χ3v) is 3.05. The molecule has 0 aromatic carbocycles. The molecule has 0 radical (unpaired) electrons. The van der Waals surface area contributed by atoms with E-state index in [1.165, 1.54) is 0 Å². The summed E-state index contributed by atoms with van der Waals surface area (Å²) in [5.41, 5.74) is 0.0977. The van der Waals surface area contributed by atoms with Crippen LogP contribution in [0.2, 0.25) is 0 Å². The van der Waals surface area contributed by atoms with Crippen molar-refractivity contribution in [2.24, 2.45) is 11.3 Å². The van der Waals surface area contributed by atoms with E-state index < -0.39 is 0 Å². The Bertz CT molecular complexity index is 225. The predicted molar refractivity (Wildman–Crippen MR) is 65.3 cm³/mol. The number of nitrogens with zero attached hydrogens (tertiary/aromatic N) is 1. The number of carbonyl (C=O) groups is 1. The van der Waals surface area contributed by atoms with Crippen molar-refractivity contribution in [2.75, 3.05) is 26.8 Å². The molecule has 1 saturated heterocycles. The highest BCUT2D eigenvalue weighted by Gasteiger charge is 2.25. The van der Waals surface area contributed by atoms with Crippen LogP contribution in [0.15, 0.2) is 0 Å². The van der Waals surface area contributed by atoms with Crippen LogP contribution in [0.25, 0.3) is 0 Å². The standard InChI is InChI=1S/C13H25NO2/c1-13(2,3)9-12(15)14-7-5-11(6-8-14)10-16-4/h11H,5-10H2,1-4H3. The number of likely N-dealkylation sites (tertiary alicyclic amines) is 1. The Labute approximate surface area is 99.1 Å². The largest absolute Gasteiger partial charge is 0.384 e. The average Bonchev–Trinajstić information content (AvgIpc) is 2.16. The summed E-state index contributed by atoms with van der Waals surface area (Å²) in [4.78, 5) is 14.0. The highest BCUT2D eigenvalue weighted by atomic mass is 16.5. The van der Waals surface area contributed by atoms with Gasteiger partial charge in [-0.15, -0.1) is 0 Å². The molecule has 1 fully saturated rings. The number of methoxy groups -OCH3 is 1. The van der Waals surface area contributed by atoms with Gasteiger partial charge in [-0.1, -0.05) is 20.8 Å². The van der Waals surface area contributed by atoms with Crippen molar-refractivity contribution < 1.29 is 9.53 Å². The van der Waals surface area contributed by atoms with Gasteiger partial charge in [0.05, 0.1) is 0 Å². The molecule has 0 aromatic rings. The molecule has 0 bridgehead atoms. The van der Waals surface area contributed by atoms with Gasteiger partial charge >= 0.3 is 0 Å². The first-order valence-corrected chi connectivity index (χ1v) is 6.19. The third kappa shape index (κ3) is 4.52. The monoisotopic (exact) mass is 227 g/mol. The SMILES string of the molecule is COCC1CCN(C(=O)CC(C)(C)C)CC1. The second kappa shape index (κ2) is 5.67. The van der Waals surface area contributed by atoms with Crippen LogP contribution >= 0.6 is 0 Å². The van der Waals surface area contributed by atoms with Gasteiger partial charge in [-0.2, -0.15) is 0 Å². The van der Waals surface area contributed by atoms with Gasteiger partial charge in [0.15, 0.2) is 0 Å². The van der Waals surface area contributed by atoms with Crippen molar-refractivity contribution in [2.45, 2.75) is 40.0 Å². The first-order valence-electron chi connectivity index (χ1n) is 6.19. The number of piperidine rings is 1. The predicted octanol–water partition coefficient (Wildman–Crippen LogP) is 2.31. The highest BCUT2D eigenvalue weighted by Crippen LogP contribution is 2.23. The van der Waals surface area contributed by atoms with Gasteiger partial charge in [0.1, 0.15) is 0 Å². The van der Waals surface area contributed by atoms with E-state index in [2.05, 4.69) is 20.8 Å². The van der Waals surface area contributed by atoms with E-state index in [4.69, 9.17) is 4.74 Å². The molecule has 0 N–H and O–H groups in total. The molecule has 1 rings (SSSR count). The zero-order valence-electron chi connectivity index (χ0n) is 11.1. The maximum Gasteiger partial charge on any atom is 0.223 e. The van der Waals surface area contributed by atoms with Gasteiger partial charge in [-0.3, -0.25) is 4.79 Å². The van der Waals surface area contributed by atoms with Crippen LogP contribution in [0.3, 0.4) is 0 Å². The number of hydrogen-bond donors (Lipinski definition) is 0. The Balaban J connectivity index is 2.33. The topological polar surface area (TPSA) is 29.5 Å². The zero-order valence-corrected chi connectivity index (χ0v) is 11.1.